The first-order valence-corrected chi connectivity index (χ1v) is 11.5. The number of aromatic nitrogens is 3. The van der Waals surface area contributed by atoms with Crippen molar-refractivity contribution in [2.24, 2.45) is 0 Å². The van der Waals surface area contributed by atoms with E-state index in [9.17, 15) is 9.90 Å². The van der Waals surface area contributed by atoms with E-state index in [0.717, 1.165) is 36.6 Å². The fourth-order valence-electron chi connectivity index (χ4n) is 4.23. The number of hydrogen-bond donors (Lipinski definition) is 2. The van der Waals surface area contributed by atoms with Gasteiger partial charge in [0.05, 0.1) is 11.8 Å². The third-order valence-corrected chi connectivity index (χ3v) is 6.37. The Hall–Kier alpha value is -4.00. The van der Waals surface area contributed by atoms with Gasteiger partial charge < -0.3 is 15.2 Å². The third-order valence-electron chi connectivity index (χ3n) is 6.37. The van der Waals surface area contributed by atoms with Crippen molar-refractivity contribution in [1.82, 2.24) is 15.0 Å². The number of aromatic carboxylic acids is 1. The number of carboxylic acids is 1. The van der Waals surface area contributed by atoms with Gasteiger partial charge in [0.2, 0.25) is 0 Å². The minimum absolute atomic E-state index is 0.0873. The summed E-state index contributed by atoms with van der Waals surface area (Å²) in [6, 6.07) is 13.3. The van der Waals surface area contributed by atoms with Crippen molar-refractivity contribution in [3.8, 4) is 17.0 Å². The van der Waals surface area contributed by atoms with Crippen LogP contribution in [0.5, 0.6) is 5.75 Å². The van der Waals surface area contributed by atoms with Crippen LogP contribution < -0.4 is 10.1 Å². The molecule has 0 radical (unpaired) electrons. The Morgan fingerprint density at radius 1 is 1.15 bits per heavy atom. The van der Waals surface area contributed by atoms with Crippen LogP contribution in [-0.4, -0.2) is 38.7 Å². The van der Waals surface area contributed by atoms with E-state index in [0.29, 0.717) is 23.8 Å². The van der Waals surface area contributed by atoms with E-state index in [2.05, 4.69) is 45.4 Å². The first-order chi connectivity index (χ1) is 16.6. The van der Waals surface area contributed by atoms with Crippen molar-refractivity contribution < 1.29 is 14.6 Å². The molecule has 0 unspecified atom stereocenters. The molecule has 7 heteroatoms. The molecule has 2 aromatic heterocycles. The first-order valence-electron chi connectivity index (χ1n) is 11.5. The molecule has 1 aliphatic rings. The average Bonchev–Trinajstić information content (AvgIpc) is 2.83. The molecule has 4 aromatic rings. The minimum atomic E-state index is -0.995. The summed E-state index contributed by atoms with van der Waals surface area (Å²) in [4.78, 5) is 24.6. The molecular formula is C27H26N4O3. The minimum Gasteiger partial charge on any atom is -0.490 e. The highest BCUT2D eigenvalue weighted by atomic mass is 16.5. The second-order valence-corrected chi connectivity index (χ2v) is 8.61. The fraction of sp³-hybridized carbons (Fsp3) is 0.259. The van der Waals surface area contributed by atoms with Gasteiger partial charge in [-0.25, -0.2) is 14.8 Å². The van der Waals surface area contributed by atoms with E-state index in [1.165, 1.54) is 22.8 Å². The van der Waals surface area contributed by atoms with Crippen molar-refractivity contribution in [3.63, 3.8) is 0 Å². The Morgan fingerprint density at radius 2 is 2.03 bits per heavy atom. The number of aryl methyl sites for hydroxylation is 1. The molecule has 34 heavy (non-hydrogen) atoms. The molecule has 1 aliphatic carbocycles. The van der Waals surface area contributed by atoms with Gasteiger partial charge in [-0.15, -0.1) is 0 Å². The number of pyridine rings is 1. The van der Waals surface area contributed by atoms with Crippen LogP contribution in [-0.2, 0) is 6.42 Å². The number of carboxylic acid groups (broad SMARTS) is 1. The molecule has 5 rings (SSSR count). The third kappa shape index (κ3) is 4.55. The second-order valence-electron chi connectivity index (χ2n) is 8.61. The van der Waals surface area contributed by atoms with E-state index in [-0.39, 0.29) is 11.7 Å². The molecule has 0 atom stereocenters. The van der Waals surface area contributed by atoms with Crippen LogP contribution in [0.2, 0.25) is 0 Å². The Kier molecular flexibility index (Phi) is 6.08. The molecular weight excluding hydrogens is 428 g/mol. The van der Waals surface area contributed by atoms with Gasteiger partial charge in [0.1, 0.15) is 23.5 Å². The monoisotopic (exact) mass is 454 g/mol. The van der Waals surface area contributed by atoms with Crippen molar-refractivity contribution in [3.05, 3.63) is 77.9 Å². The summed E-state index contributed by atoms with van der Waals surface area (Å²) in [6.45, 7) is 2.84. The topological polar surface area (TPSA) is 97.2 Å². The Labute approximate surface area is 197 Å². The number of anilines is 1. The van der Waals surface area contributed by atoms with Gasteiger partial charge in [0, 0.05) is 36.0 Å². The molecule has 2 aromatic carbocycles. The maximum Gasteiger partial charge on any atom is 0.339 e. The van der Waals surface area contributed by atoms with Crippen LogP contribution in [0.25, 0.3) is 22.0 Å². The van der Waals surface area contributed by atoms with Crippen LogP contribution in [0.1, 0.15) is 40.7 Å². The summed E-state index contributed by atoms with van der Waals surface area (Å²) in [5, 5.41) is 15.3. The lowest BCUT2D eigenvalue weighted by atomic mass is 9.96. The lowest BCUT2D eigenvalue weighted by molar-refractivity contribution is 0.0680. The van der Waals surface area contributed by atoms with Crippen LogP contribution in [0, 0.1) is 6.92 Å². The Morgan fingerprint density at radius 3 is 2.82 bits per heavy atom. The molecule has 172 valence electrons. The van der Waals surface area contributed by atoms with Crippen molar-refractivity contribution >= 4 is 22.6 Å². The zero-order valence-electron chi connectivity index (χ0n) is 19.0. The van der Waals surface area contributed by atoms with Gasteiger partial charge in [-0.1, -0.05) is 18.2 Å². The molecule has 2 heterocycles. The lowest BCUT2D eigenvalue weighted by Gasteiger charge is -2.27. The zero-order valence-corrected chi connectivity index (χ0v) is 19.0. The molecule has 0 saturated heterocycles. The number of fused-ring (bicyclic) bond motifs is 1. The molecule has 0 amide bonds. The zero-order chi connectivity index (χ0) is 23.5. The van der Waals surface area contributed by atoms with Crippen LogP contribution in [0.4, 0.5) is 5.82 Å². The largest absolute Gasteiger partial charge is 0.490 e. The average molecular weight is 455 g/mol. The lowest BCUT2D eigenvalue weighted by Crippen LogP contribution is -2.25. The van der Waals surface area contributed by atoms with Crippen molar-refractivity contribution in [2.75, 3.05) is 11.9 Å². The Bertz CT molecular complexity index is 1350. The number of carbonyl (C=O) groups is 1. The molecule has 7 nitrogen and oxygen atoms in total. The van der Waals surface area contributed by atoms with Gasteiger partial charge in [-0.05, 0) is 67.3 Å². The maximum atomic E-state index is 11.6. The predicted octanol–water partition coefficient (Wildman–Crippen LogP) is 5.28. The predicted molar refractivity (Wildman–Crippen MR) is 131 cm³/mol. The number of rotatable bonds is 8. The summed E-state index contributed by atoms with van der Waals surface area (Å²) >= 11 is 0. The number of benzene rings is 2. The van der Waals surface area contributed by atoms with E-state index >= 15 is 0 Å². The van der Waals surface area contributed by atoms with E-state index in [4.69, 9.17) is 4.74 Å². The summed E-state index contributed by atoms with van der Waals surface area (Å²) in [5.41, 5.74) is 4.22. The summed E-state index contributed by atoms with van der Waals surface area (Å²) in [6.07, 6.45) is 9.19. The van der Waals surface area contributed by atoms with E-state index < -0.39 is 5.97 Å². The highest BCUT2D eigenvalue weighted by Crippen LogP contribution is 2.31. The maximum absolute atomic E-state index is 11.6. The molecule has 0 spiro atoms. The van der Waals surface area contributed by atoms with E-state index in [1.54, 1.807) is 18.2 Å². The highest BCUT2D eigenvalue weighted by molar-refractivity contribution is 5.92. The molecule has 2 N–H and O–H groups in total. The number of hydrogen-bond acceptors (Lipinski definition) is 6. The standard InChI is InChI=1S/C27H26N4O3/c1-17-5-6-19-15-28-11-9-22(19)21(17)10-12-29-26-14-24(30-16-31-26)18-7-8-23(27(32)33)25(13-18)34-20-3-2-4-20/h5-9,11,13-16,20H,2-4,10,12H2,1H3,(H,32,33)(H,29,30,31). The summed E-state index contributed by atoms with van der Waals surface area (Å²) in [7, 11) is 0. The highest BCUT2D eigenvalue weighted by Gasteiger charge is 2.22. The van der Waals surface area contributed by atoms with Crippen molar-refractivity contribution in [2.45, 2.75) is 38.7 Å². The quantitative estimate of drug-likeness (QED) is 0.374. The van der Waals surface area contributed by atoms with Gasteiger partial charge in [-0.2, -0.15) is 0 Å². The van der Waals surface area contributed by atoms with Crippen LogP contribution in [0.15, 0.2) is 61.2 Å². The van der Waals surface area contributed by atoms with Gasteiger partial charge in [0.25, 0.3) is 0 Å². The number of nitrogens with zero attached hydrogens (tertiary/aromatic N) is 3. The SMILES string of the molecule is Cc1ccc2cnccc2c1CCNc1cc(-c2ccc(C(=O)O)c(OC3CCC3)c2)ncn1. The Balaban J connectivity index is 1.33. The van der Waals surface area contributed by atoms with Crippen molar-refractivity contribution in [1.29, 1.82) is 0 Å². The second kappa shape index (κ2) is 9.47. The summed E-state index contributed by atoms with van der Waals surface area (Å²) in [5.74, 6) is 0.113. The smallest absolute Gasteiger partial charge is 0.339 e. The summed E-state index contributed by atoms with van der Waals surface area (Å²) < 4.78 is 5.95. The molecule has 1 saturated carbocycles. The molecule has 0 bridgehead atoms. The molecule has 0 aliphatic heterocycles. The van der Waals surface area contributed by atoms with Gasteiger partial charge >= 0.3 is 5.97 Å². The molecule has 1 fully saturated rings. The fourth-order valence-corrected chi connectivity index (χ4v) is 4.23. The van der Waals surface area contributed by atoms with Crippen LogP contribution in [0.3, 0.4) is 0 Å². The van der Waals surface area contributed by atoms with E-state index in [1.807, 2.05) is 18.5 Å². The van der Waals surface area contributed by atoms with Gasteiger partial charge in [-0.3, -0.25) is 4.98 Å². The number of ether oxygens (including phenoxy) is 1. The van der Waals surface area contributed by atoms with Crippen LogP contribution >= 0.6 is 0 Å². The first kappa shape index (κ1) is 21.8. The number of nitrogens with one attached hydrogen (secondary N) is 1. The normalized spacial score (nSPS) is 13.4. The van der Waals surface area contributed by atoms with Gasteiger partial charge in [0.15, 0.2) is 0 Å².